The average molecular weight is 440 g/mol. The predicted octanol–water partition coefficient (Wildman–Crippen LogP) is 3.55. The lowest BCUT2D eigenvalue weighted by Crippen LogP contribution is -2.17. The van der Waals surface area contributed by atoms with Crippen molar-refractivity contribution in [2.75, 3.05) is 5.32 Å². The van der Waals surface area contributed by atoms with Gasteiger partial charge in [0.25, 0.3) is 0 Å². The molecule has 2 aromatic carbocycles. The van der Waals surface area contributed by atoms with E-state index >= 15 is 0 Å². The van der Waals surface area contributed by atoms with E-state index in [0.717, 1.165) is 0 Å². The second-order valence-electron chi connectivity index (χ2n) is 6.65. The number of primary sulfonamides is 1. The number of nitrogens with two attached hydrogens (primary N) is 1. The smallest absolute Gasteiger partial charge is 0.406 e. The van der Waals surface area contributed by atoms with Gasteiger partial charge in [-0.05, 0) is 36.2 Å². The van der Waals surface area contributed by atoms with Crippen LogP contribution in [0.5, 0.6) is 5.75 Å². The molecule has 3 aromatic rings. The lowest BCUT2D eigenvalue weighted by molar-refractivity contribution is -0.274. The van der Waals surface area contributed by atoms with Crippen molar-refractivity contribution in [3.63, 3.8) is 0 Å². The van der Waals surface area contributed by atoms with Gasteiger partial charge in [0.1, 0.15) is 5.75 Å². The van der Waals surface area contributed by atoms with Crippen LogP contribution in [0.4, 0.5) is 18.9 Å². The van der Waals surface area contributed by atoms with Gasteiger partial charge in [0.2, 0.25) is 10.0 Å². The molecule has 30 heavy (non-hydrogen) atoms. The van der Waals surface area contributed by atoms with Gasteiger partial charge in [-0.25, -0.2) is 18.5 Å². The van der Waals surface area contributed by atoms with Crippen LogP contribution >= 0.6 is 0 Å². The number of nitrogens with one attached hydrogen (secondary N) is 1. The van der Waals surface area contributed by atoms with E-state index in [1.165, 1.54) is 24.5 Å². The minimum Gasteiger partial charge on any atom is -0.406 e. The summed E-state index contributed by atoms with van der Waals surface area (Å²) >= 11 is 0. The maximum Gasteiger partial charge on any atom is 0.573 e. The molecule has 7 nitrogen and oxygen atoms in total. The van der Waals surface area contributed by atoms with E-state index in [1.807, 2.05) is 0 Å². The van der Waals surface area contributed by atoms with Gasteiger partial charge >= 0.3 is 6.36 Å². The number of sulfonamides is 1. The molecule has 0 fully saturated rings. The first-order valence-corrected chi connectivity index (χ1v) is 10.2. The standard InChI is InChI=1S/C19H19F3N4O3S/c1-12-6-7-15(17(18(12)30(23,27)28)16-10-26(2)11-25-16)24-9-13-4-3-5-14(8-13)29-19(20,21)22/h3-8,10-11,24H,9H2,1-2H3,(H2,23,27,28). The van der Waals surface area contributed by atoms with Crippen LogP contribution in [-0.4, -0.2) is 24.3 Å². The highest BCUT2D eigenvalue weighted by molar-refractivity contribution is 7.89. The van der Waals surface area contributed by atoms with E-state index < -0.39 is 16.4 Å². The summed E-state index contributed by atoms with van der Waals surface area (Å²) in [5, 5.41) is 8.51. The molecule has 0 aliphatic heterocycles. The molecule has 3 rings (SSSR count). The second-order valence-corrected chi connectivity index (χ2v) is 8.15. The first-order valence-electron chi connectivity index (χ1n) is 8.67. The number of alkyl halides is 3. The van der Waals surface area contributed by atoms with Crippen LogP contribution in [0.1, 0.15) is 11.1 Å². The molecule has 1 heterocycles. The number of rotatable bonds is 6. The molecule has 0 saturated carbocycles. The highest BCUT2D eigenvalue weighted by Gasteiger charge is 2.31. The number of hydrogen-bond donors (Lipinski definition) is 2. The highest BCUT2D eigenvalue weighted by Crippen LogP contribution is 2.35. The highest BCUT2D eigenvalue weighted by atomic mass is 32.2. The number of hydrogen-bond acceptors (Lipinski definition) is 5. The van der Waals surface area contributed by atoms with Gasteiger partial charge in [-0.3, -0.25) is 0 Å². The molecule has 11 heteroatoms. The maximum atomic E-state index is 12.4. The molecular formula is C19H19F3N4O3S. The fraction of sp³-hybridized carbons (Fsp3) is 0.211. The van der Waals surface area contributed by atoms with Gasteiger partial charge < -0.3 is 14.6 Å². The van der Waals surface area contributed by atoms with Crippen molar-refractivity contribution < 1.29 is 26.3 Å². The molecule has 0 saturated heterocycles. The molecule has 1 aromatic heterocycles. The number of halogens is 3. The summed E-state index contributed by atoms with van der Waals surface area (Å²) in [5.41, 5.74) is 2.05. The van der Waals surface area contributed by atoms with E-state index in [2.05, 4.69) is 15.0 Å². The minimum absolute atomic E-state index is 0.0691. The normalized spacial score (nSPS) is 12.1. The van der Waals surface area contributed by atoms with Gasteiger partial charge in [0.15, 0.2) is 0 Å². The first-order chi connectivity index (χ1) is 13.9. The van der Waals surface area contributed by atoms with Gasteiger partial charge in [-0.1, -0.05) is 18.2 Å². The van der Waals surface area contributed by atoms with Gasteiger partial charge in [-0.2, -0.15) is 0 Å². The Balaban J connectivity index is 1.98. The number of aryl methyl sites for hydroxylation is 2. The lowest BCUT2D eigenvalue weighted by atomic mass is 10.1. The minimum atomic E-state index is -4.79. The van der Waals surface area contributed by atoms with E-state index in [0.29, 0.717) is 28.1 Å². The quantitative estimate of drug-likeness (QED) is 0.611. The number of ether oxygens (including phenoxy) is 1. The average Bonchev–Trinajstić information content (AvgIpc) is 3.04. The zero-order chi connectivity index (χ0) is 22.1. The van der Waals surface area contributed by atoms with Crippen molar-refractivity contribution in [1.29, 1.82) is 0 Å². The molecule has 0 aliphatic carbocycles. The monoisotopic (exact) mass is 440 g/mol. The van der Waals surface area contributed by atoms with Crippen LogP contribution in [0.3, 0.4) is 0 Å². The van der Waals surface area contributed by atoms with Crippen LogP contribution in [0.15, 0.2) is 53.8 Å². The Kier molecular flexibility index (Phi) is 5.77. The molecule has 0 amide bonds. The number of aromatic nitrogens is 2. The Hall–Kier alpha value is -3.05. The van der Waals surface area contributed by atoms with Crippen molar-refractivity contribution >= 4 is 15.7 Å². The zero-order valence-corrected chi connectivity index (χ0v) is 16.9. The van der Waals surface area contributed by atoms with Crippen LogP contribution in [0, 0.1) is 6.92 Å². The molecule has 0 unspecified atom stereocenters. The molecule has 0 atom stereocenters. The van der Waals surface area contributed by atoms with Gasteiger partial charge in [-0.15, -0.1) is 13.2 Å². The summed E-state index contributed by atoms with van der Waals surface area (Å²) in [7, 11) is -2.33. The van der Waals surface area contributed by atoms with Crippen LogP contribution < -0.4 is 15.2 Å². The van der Waals surface area contributed by atoms with E-state index in [4.69, 9.17) is 5.14 Å². The maximum absolute atomic E-state index is 12.4. The molecule has 3 N–H and O–H groups in total. The summed E-state index contributed by atoms with van der Waals surface area (Å²) in [4.78, 5) is 4.16. The number of benzene rings is 2. The Morgan fingerprint density at radius 1 is 1.23 bits per heavy atom. The Morgan fingerprint density at radius 2 is 1.97 bits per heavy atom. The topological polar surface area (TPSA) is 99.2 Å². The molecule has 160 valence electrons. The molecule has 0 aliphatic rings. The van der Waals surface area contributed by atoms with E-state index in [1.54, 1.807) is 42.9 Å². The third kappa shape index (κ3) is 5.10. The Morgan fingerprint density at radius 3 is 2.57 bits per heavy atom. The predicted molar refractivity (Wildman–Crippen MR) is 105 cm³/mol. The summed E-state index contributed by atoms with van der Waals surface area (Å²) in [5.74, 6) is -0.346. The summed E-state index contributed by atoms with van der Waals surface area (Å²) < 4.78 is 67.4. The van der Waals surface area contributed by atoms with Gasteiger partial charge in [0, 0.05) is 31.0 Å². The van der Waals surface area contributed by atoms with Gasteiger partial charge in [0.05, 0.1) is 16.9 Å². The number of anilines is 1. The summed E-state index contributed by atoms with van der Waals surface area (Å²) in [6, 6.07) is 8.76. The van der Waals surface area contributed by atoms with Crippen molar-refractivity contribution in [2.45, 2.75) is 24.7 Å². The SMILES string of the molecule is Cc1ccc(NCc2cccc(OC(F)(F)F)c2)c(-c2cn(C)cn2)c1S(N)(=O)=O. The lowest BCUT2D eigenvalue weighted by Gasteiger charge is -2.17. The molecular weight excluding hydrogens is 421 g/mol. The van der Waals surface area contributed by atoms with Crippen molar-refractivity contribution in [3.8, 4) is 17.0 Å². The van der Waals surface area contributed by atoms with Crippen LogP contribution in [0.2, 0.25) is 0 Å². The second kappa shape index (κ2) is 8.00. The molecule has 0 radical (unpaired) electrons. The Labute approximate surface area is 171 Å². The van der Waals surface area contributed by atoms with Crippen LogP contribution in [0.25, 0.3) is 11.3 Å². The van der Waals surface area contributed by atoms with Crippen molar-refractivity contribution in [2.24, 2.45) is 12.2 Å². The van der Waals surface area contributed by atoms with Crippen molar-refractivity contribution in [3.05, 3.63) is 60.0 Å². The molecule has 0 spiro atoms. The third-order valence-electron chi connectivity index (χ3n) is 4.22. The first kappa shape index (κ1) is 21.7. The third-order valence-corrected chi connectivity index (χ3v) is 5.31. The fourth-order valence-electron chi connectivity index (χ4n) is 3.05. The van der Waals surface area contributed by atoms with Crippen molar-refractivity contribution in [1.82, 2.24) is 9.55 Å². The van der Waals surface area contributed by atoms with Crippen LogP contribution in [-0.2, 0) is 23.6 Å². The zero-order valence-electron chi connectivity index (χ0n) is 16.1. The number of nitrogens with zero attached hydrogens (tertiary/aromatic N) is 2. The largest absolute Gasteiger partial charge is 0.573 e. The summed E-state index contributed by atoms with van der Waals surface area (Å²) in [6.45, 7) is 1.73. The van der Waals surface area contributed by atoms with E-state index in [9.17, 15) is 21.6 Å². The fourth-order valence-corrected chi connectivity index (χ4v) is 4.06. The van der Waals surface area contributed by atoms with E-state index in [-0.39, 0.29) is 17.2 Å². The molecule has 0 bridgehead atoms. The summed E-state index contributed by atoms with van der Waals surface area (Å²) in [6.07, 6.45) is -1.63. The Bertz CT molecular complexity index is 1170. The number of imidazole rings is 1.